The molecule has 0 aliphatic carbocycles. The molecule has 0 fully saturated rings. The van der Waals surface area contributed by atoms with E-state index < -0.39 is 34.1 Å². The predicted molar refractivity (Wildman–Crippen MR) is 161 cm³/mol. The first-order valence-electron chi connectivity index (χ1n) is 13.4. The SMILES string of the molecule is Cc1ccc(S(=O)(=O)N(CC(=O)N(Cc2ccccc2C)[C@@H](C)C(=O)NC(C)(C)C)c2ccc(C)cc2C)cc1. The average molecular weight is 564 g/mol. The van der Waals surface area contributed by atoms with Gasteiger partial charge in [0, 0.05) is 12.1 Å². The maximum atomic E-state index is 14.1. The summed E-state index contributed by atoms with van der Waals surface area (Å²) in [5, 5.41) is 2.95. The molecule has 1 atom stereocenters. The third-order valence-corrected chi connectivity index (χ3v) is 8.55. The van der Waals surface area contributed by atoms with Gasteiger partial charge in [-0.1, -0.05) is 59.7 Å². The smallest absolute Gasteiger partial charge is 0.264 e. The zero-order chi connectivity index (χ0) is 29.8. The van der Waals surface area contributed by atoms with Gasteiger partial charge in [0.25, 0.3) is 10.0 Å². The number of sulfonamides is 1. The first-order chi connectivity index (χ1) is 18.6. The van der Waals surface area contributed by atoms with E-state index in [1.807, 2.05) is 84.9 Å². The number of hydrogen-bond donors (Lipinski definition) is 1. The third-order valence-electron chi connectivity index (χ3n) is 6.78. The highest BCUT2D eigenvalue weighted by Crippen LogP contribution is 2.28. The Morgan fingerprint density at radius 2 is 1.45 bits per heavy atom. The van der Waals surface area contributed by atoms with Crippen LogP contribution in [0, 0.1) is 27.7 Å². The molecule has 3 aromatic carbocycles. The zero-order valence-corrected chi connectivity index (χ0v) is 25.6. The average Bonchev–Trinajstić information content (AvgIpc) is 2.86. The van der Waals surface area contributed by atoms with E-state index in [-0.39, 0.29) is 17.3 Å². The van der Waals surface area contributed by atoms with Crippen molar-refractivity contribution in [2.45, 2.75) is 78.4 Å². The Bertz CT molecular complexity index is 1470. The molecule has 0 aliphatic heterocycles. The standard InChI is InChI=1S/C32H41N3O4S/c1-22-13-16-28(17-14-22)40(38,39)35(29-18-15-23(2)19-25(29)4)21-30(36)34(20-27-12-10-9-11-24(27)3)26(5)31(37)33-32(6,7)8/h9-19,26H,20-21H2,1-8H3,(H,33,37)/t26-/m0/s1. The Labute approximate surface area is 239 Å². The molecule has 3 aromatic rings. The second-order valence-electron chi connectivity index (χ2n) is 11.5. The van der Waals surface area contributed by atoms with Crippen LogP contribution in [0.1, 0.15) is 55.5 Å². The second kappa shape index (κ2) is 12.3. The number of nitrogens with one attached hydrogen (secondary N) is 1. The lowest BCUT2D eigenvalue weighted by Gasteiger charge is -2.34. The van der Waals surface area contributed by atoms with Gasteiger partial charge in [0.15, 0.2) is 0 Å². The molecule has 0 bridgehead atoms. The minimum atomic E-state index is -4.11. The van der Waals surface area contributed by atoms with Crippen molar-refractivity contribution in [3.05, 3.63) is 94.5 Å². The Morgan fingerprint density at radius 3 is 2.02 bits per heavy atom. The predicted octanol–water partition coefficient (Wildman–Crippen LogP) is 5.45. The molecular formula is C32H41N3O4S. The van der Waals surface area contributed by atoms with E-state index in [9.17, 15) is 18.0 Å². The minimum absolute atomic E-state index is 0.0925. The monoisotopic (exact) mass is 563 g/mol. The van der Waals surface area contributed by atoms with Crippen LogP contribution >= 0.6 is 0 Å². The number of aryl methyl sites for hydroxylation is 4. The first-order valence-corrected chi connectivity index (χ1v) is 14.9. The maximum Gasteiger partial charge on any atom is 0.264 e. The molecule has 0 spiro atoms. The second-order valence-corrected chi connectivity index (χ2v) is 13.3. The van der Waals surface area contributed by atoms with Crippen molar-refractivity contribution < 1.29 is 18.0 Å². The number of hydrogen-bond acceptors (Lipinski definition) is 4. The fourth-order valence-corrected chi connectivity index (χ4v) is 5.94. The molecule has 40 heavy (non-hydrogen) atoms. The van der Waals surface area contributed by atoms with Crippen molar-refractivity contribution in [1.29, 1.82) is 0 Å². The largest absolute Gasteiger partial charge is 0.350 e. The zero-order valence-electron chi connectivity index (χ0n) is 24.8. The van der Waals surface area contributed by atoms with Crippen molar-refractivity contribution in [3.8, 4) is 0 Å². The van der Waals surface area contributed by atoms with Gasteiger partial charge in [-0.25, -0.2) is 8.42 Å². The van der Waals surface area contributed by atoms with Crippen LogP contribution in [0.15, 0.2) is 71.6 Å². The maximum absolute atomic E-state index is 14.1. The molecule has 0 aromatic heterocycles. The molecule has 0 heterocycles. The number of anilines is 1. The van der Waals surface area contributed by atoms with Gasteiger partial charge in [-0.05, 0) is 90.3 Å². The van der Waals surface area contributed by atoms with Crippen molar-refractivity contribution in [2.75, 3.05) is 10.8 Å². The summed E-state index contributed by atoms with van der Waals surface area (Å²) in [5.74, 6) is -0.788. The summed E-state index contributed by atoms with van der Waals surface area (Å²) in [4.78, 5) is 28.9. The van der Waals surface area contributed by atoms with Crippen LogP contribution in [0.5, 0.6) is 0 Å². The van der Waals surface area contributed by atoms with E-state index in [4.69, 9.17) is 0 Å². The molecule has 0 aliphatic rings. The molecule has 0 radical (unpaired) electrons. The molecule has 3 rings (SSSR count). The summed E-state index contributed by atoms with van der Waals surface area (Å²) >= 11 is 0. The van der Waals surface area contributed by atoms with Gasteiger partial charge in [0.1, 0.15) is 12.6 Å². The van der Waals surface area contributed by atoms with Crippen molar-refractivity contribution in [1.82, 2.24) is 10.2 Å². The van der Waals surface area contributed by atoms with Crippen molar-refractivity contribution in [2.24, 2.45) is 0 Å². The van der Waals surface area contributed by atoms with E-state index in [0.29, 0.717) is 5.69 Å². The topological polar surface area (TPSA) is 86.8 Å². The van der Waals surface area contributed by atoms with Crippen molar-refractivity contribution in [3.63, 3.8) is 0 Å². The Kier molecular flexibility index (Phi) is 9.46. The van der Waals surface area contributed by atoms with E-state index in [1.54, 1.807) is 37.3 Å². The van der Waals surface area contributed by atoms with Crippen LogP contribution in [0.3, 0.4) is 0 Å². The number of rotatable bonds is 9. The van der Waals surface area contributed by atoms with Gasteiger partial charge < -0.3 is 10.2 Å². The van der Waals surface area contributed by atoms with Gasteiger partial charge in [-0.15, -0.1) is 0 Å². The molecule has 1 N–H and O–H groups in total. The Balaban J connectivity index is 2.08. The summed E-state index contributed by atoms with van der Waals surface area (Å²) in [7, 11) is -4.11. The van der Waals surface area contributed by atoms with Gasteiger partial charge in [0.05, 0.1) is 10.6 Å². The molecule has 0 saturated carbocycles. The van der Waals surface area contributed by atoms with Gasteiger partial charge in [-0.2, -0.15) is 0 Å². The van der Waals surface area contributed by atoms with Crippen LogP contribution in [-0.2, 0) is 26.2 Å². The quantitative estimate of drug-likeness (QED) is 0.375. The van der Waals surface area contributed by atoms with Gasteiger partial charge in [-0.3, -0.25) is 13.9 Å². The lowest BCUT2D eigenvalue weighted by atomic mass is 10.1. The normalized spacial score (nSPS) is 12.5. The van der Waals surface area contributed by atoms with Crippen LogP contribution < -0.4 is 9.62 Å². The molecule has 8 heteroatoms. The lowest BCUT2D eigenvalue weighted by molar-refractivity contribution is -0.140. The van der Waals surface area contributed by atoms with E-state index >= 15 is 0 Å². The highest BCUT2D eigenvalue weighted by molar-refractivity contribution is 7.92. The summed E-state index contributed by atoms with van der Waals surface area (Å²) in [6, 6.07) is 18.8. The number of amides is 2. The fraction of sp³-hybridized carbons (Fsp3) is 0.375. The van der Waals surface area contributed by atoms with Crippen LogP contribution in [0.4, 0.5) is 5.69 Å². The Morgan fingerprint density at radius 1 is 0.850 bits per heavy atom. The molecular weight excluding hydrogens is 522 g/mol. The minimum Gasteiger partial charge on any atom is -0.350 e. The van der Waals surface area contributed by atoms with Gasteiger partial charge in [0.2, 0.25) is 11.8 Å². The van der Waals surface area contributed by atoms with Crippen molar-refractivity contribution >= 4 is 27.5 Å². The van der Waals surface area contributed by atoms with Crippen LogP contribution in [0.2, 0.25) is 0 Å². The number of benzene rings is 3. The number of nitrogens with zero attached hydrogens (tertiary/aromatic N) is 2. The van der Waals surface area contributed by atoms with E-state index in [1.165, 1.54) is 4.90 Å². The summed E-state index contributed by atoms with van der Waals surface area (Å²) < 4.78 is 29.2. The molecule has 2 amide bonds. The Hall–Kier alpha value is -3.65. The molecule has 214 valence electrons. The van der Waals surface area contributed by atoms with Crippen LogP contribution in [0.25, 0.3) is 0 Å². The van der Waals surface area contributed by atoms with Crippen LogP contribution in [-0.4, -0.2) is 43.3 Å². The highest BCUT2D eigenvalue weighted by Gasteiger charge is 2.34. The molecule has 0 saturated heterocycles. The number of carbonyl (C=O) groups excluding carboxylic acids is 2. The van der Waals surface area contributed by atoms with Gasteiger partial charge >= 0.3 is 0 Å². The number of carbonyl (C=O) groups is 2. The summed E-state index contributed by atoms with van der Waals surface area (Å²) in [6.07, 6.45) is 0. The third kappa shape index (κ3) is 7.50. The lowest BCUT2D eigenvalue weighted by Crippen LogP contribution is -2.54. The summed E-state index contributed by atoms with van der Waals surface area (Å²) in [6.45, 7) is 14.6. The highest BCUT2D eigenvalue weighted by atomic mass is 32.2. The van der Waals surface area contributed by atoms with E-state index in [2.05, 4.69) is 5.32 Å². The van der Waals surface area contributed by atoms with E-state index in [0.717, 1.165) is 32.1 Å². The fourth-order valence-electron chi connectivity index (χ4n) is 4.46. The molecule has 0 unspecified atom stereocenters. The first kappa shape index (κ1) is 30.9. The summed E-state index contributed by atoms with van der Waals surface area (Å²) in [5.41, 5.74) is 4.41. The molecule has 7 nitrogen and oxygen atoms in total.